The number of rotatable bonds is 8. The van der Waals surface area contributed by atoms with Crippen LogP contribution in [0, 0.1) is 11.6 Å². The smallest absolute Gasteiger partial charge is 0.315 e. The van der Waals surface area contributed by atoms with E-state index in [2.05, 4.69) is 10.6 Å². The number of halogens is 2. The van der Waals surface area contributed by atoms with Crippen LogP contribution in [0.4, 0.5) is 13.6 Å². The highest BCUT2D eigenvalue weighted by atomic mass is 32.2. The molecule has 0 aliphatic heterocycles. The summed E-state index contributed by atoms with van der Waals surface area (Å²) in [5.74, 6) is -1.92. The summed E-state index contributed by atoms with van der Waals surface area (Å²) < 4.78 is 52.6. The molecule has 0 aliphatic rings. The highest BCUT2D eigenvalue weighted by Gasteiger charge is 2.21. The van der Waals surface area contributed by atoms with E-state index in [1.165, 1.54) is 22.5 Å². The van der Waals surface area contributed by atoms with Crippen LogP contribution < -0.4 is 10.6 Å². The van der Waals surface area contributed by atoms with E-state index in [9.17, 15) is 22.0 Å². The summed E-state index contributed by atoms with van der Waals surface area (Å²) in [7, 11) is -3.53. The van der Waals surface area contributed by atoms with Crippen molar-refractivity contribution in [2.75, 3.05) is 13.1 Å². The van der Waals surface area contributed by atoms with Gasteiger partial charge in [-0.15, -0.1) is 0 Å². The molecule has 0 fully saturated rings. The zero-order valence-electron chi connectivity index (χ0n) is 16.6. The van der Waals surface area contributed by atoms with Crippen molar-refractivity contribution in [2.45, 2.75) is 38.3 Å². The molecular weight excluding hydrogens is 400 g/mol. The van der Waals surface area contributed by atoms with Gasteiger partial charge in [-0.3, -0.25) is 0 Å². The Kier molecular flexibility index (Phi) is 7.69. The molecule has 2 aromatic rings. The second-order valence-corrected chi connectivity index (χ2v) is 8.39. The van der Waals surface area contributed by atoms with E-state index < -0.39 is 33.7 Å². The Morgan fingerprint density at radius 3 is 2.21 bits per heavy atom. The Bertz CT molecular complexity index is 946. The minimum atomic E-state index is -3.53. The van der Waals surface area contributed by atoms with Crippen molar-refractivity contribution in [2.24, 2.45) is 0 Å². The van der Waals surface area contributed by atoms with Gasteiger partial charge in [0.15, 0.2) is 11.6 Å². The van der Waals surface area contributed by atoms with Crippen LogP contribution >= 0.6 is 0 Å². The largest absolute Gasteiger partial charge is 0.334 e. The third kappa shape index (κ3) is 5.74. The SMILES string of the molecule is CCN(CC)S(=O)(=O)c1ccc(CNC(=O)NC(C)c2ccc(F)c(F)c2)cc1. The first kappa shape index (κ1) is 22.8. The van der Waals surface area contributed by atoms with Crippen LogP contribution in [0.1, 0.15) is 37.9 Å². The number of carbonyl (C=O) groups is 1. The van der Waals surface area contributed by atoms with E-state index in [1.54, 1.807) is 32.9 Å². The third-order valence-corrected chi connectivity index (χ3v) is 6.57. The summed E-state index contributed by atoms with van der Waals surface area (Å²) >= 11 is 0. The molecule has 9 heteroatoms. The van der Waals surface area contributed by atoms with Crippen molar-refractivity contribution in [1.82, 2.24) is 14.9 Å². The summed E-state index contributed by atoms with van der Waals surface area (Å²) in [4.78, 5) is 12.2. The van der Waals surface area contributed by atoms with E-state index in [0.29, 0.717) is 18.7 Å². The molecule has 0 saturated heterocycles. The summed E-state index contributed by atoms with van der Waals surface area (Å²) in [6, 6.07) is 8.72. The van der Waals surface area contributed by atoms with Gasteiger partial charge in [0.05, 0.1) is 10.9 Å². The summed E-state index contributed by atoms with van der Waals surface area (Å²) in [6.45, 7) is 6.16. The number of amides is 2. The molecule has 29 heavy (non-hydrogen) atoms. The summed E-state index contributed by atoms with van der Waals surface area (Å²) in [5.41, 5.74) is 1.16. The molecule has 1 unspecified atom stereocenters. The number of benzene rings is 2. The minimum absolute atomic E-state index is 0.182. The molecule has 0 saturated carbocycles. The van der Waals surface area contributed by atoms with E-state index in [4.69, 9.17) is 0 Å². The third-order valence-electron chi connectivity index (χ3n) is 4.51. The van der Waals surface area contributed by atoms with E-state index >= 15 is 0 Å². The van der Waals surface area contributed by atoms with E-state index in [0.717, 1.165) is 17.7 Å². The van der Waals surface area contributed by atoms with Crippen LogP contribution in [0.25, 0.3) is 0 Å². The van der Waals surface area contributed by atoms with Crippen LogP contribution in [0.15, 0.2) is 47.4 Å². The zero-order valence-corrected chi connectivity index (χ0v) is 17.4. The lowest BCUT2D eigenvalue weighted by Gasteiger charge is -2.18. The Hall–Kier alpha value is -2.52. The van der Waals surface area contributed by atoms with Crippen LogP contribution in [0.5, 0.6) is 0 Å². The molecule has 0 aromatic heterocycles. The van der Waals surface area contributed by atoms with Crippen molar-refractivity contribution in [3.05, 3.63) is 65.2 Å². The van der Waals surface area contributed by atoms with Gasteiger partial charge in [-0.05, 0) is 42.3 Å². The minimum Gasteiger partial charge on any atom is -0.334 e. The van der Waals surface area contributed by atoms with Gasteiger partial charge >= 0.3 is 6.03 Å². The van der Waals surface area contributed by atoms with Crippen LogP contribution in [0.3, 0.4) is 0 Å². The predicted octanol–water partition coefficient (Wildman–Crippen LogP) is 3.56. The van der Waals surface area contributed by atoms with E-state index in [-0.39, 0.29) is 11.4 Å². The first-order chi connectivity index (χ1) is 13.7. The van der Waals surface area contributed by atoms with Crippen LogP contribution in [-0.4, -0.2) is 31.8 Å². The molecule has 158 valence electrons. The molecule has 0 aliphatic carbocycles. The fourth-order valence-electron chi connectivity index (χ4n) is 2.79. The number of sulfonamides is 1. The maximum Gasteiger partial charge on any atom is 0.315 e. The van der Waals surface area contributed by atoms with Gasteiger partial charge in [-0.1, -0.05) is 32.0 Å². The monoisotopic (exact) mass is 425 g/mol. The van der Waals surface area contributed by atoms with Crippen LogP contribution in [-0.2, 0) is 16.6 Å². The second-order valence-electron chi connectivity index (χ2n) is 6.46. The van der Waals surface area contributed by atoms with Gasteiger partial charge in [0.25, 0.3) is 0 Å². The molecule has 0 heterocycles. The highest BCUT2D eigenvalue weighted by Crippen LogP contribution is 2.17. The van der Waals surface area contributed by atoms with Crippen molar-refractivity contribution >= 4 is 16.1 Å². The number of hydrogen-bond donors (Lipinski definition) is 2. The number of hydrogen-bond acceptors (Lipinski definition) is 3. The molecule has 2 amide bonds. The fraction of sp³-hybridized carbons (Fsp3) is 0.350. The van der Waals surface area contributed by atoms with Gasteiger partial charge in [0, 0.05) is 19.6 Å². The van der Waals surface area contributed by atoms with Crippen molar-refractivity contribution in [1.29, 1.82) is 0 Å². The molecule has 6 nitrogen and oxygen atoms in total. The maximum atomic E-state index is 13.3. The molecule has 0 spiro atoms. The number of nitrogens with zero attached hydrogens (tertiary/aromatic N) is 1. The van der Waals surface area contributed by atoms with Crippen molar-refractivity contribution in [3.63, 3.8) is 0 Å². The normalized spacial score (nSPS) is 12.6. The Morgan fingerprint density at radius 1 is 1.03 bits per heavy atom. The summed E-state index contributed by atoms with van der Waals surface area (Å²) in [6.07, 6.45) is 0. The second kappa shape index (κ2) is 9.80. The quantitative estimate of drug-likeness (QED) is 0.679. The molecule has 0 bridgehead atoms. The van der Waals surface area contributed by atoms with Crippen molar-refractivity contribution in [3.8, 4) is 0 Å². The average Bonchev–Trinajstić information content (AvgIpc) is 2.69. The Morgan fingerprint density at radius 2 is 1.66 bits per heavy atom. The lowest BCUT2D eigenvalue weighted by atomic mass is 10.1. The lowest BCUT2D eigenvalue weighted by Crippen LogP contribution is -2.36. The molecular formula is C20H25F2N3O3S. The van der Waals surface area contributed by atoms with Crippen molar-refractivity contribution < 1.29 is 22.0 Å². The number of urea groups is 1. The predicted molar refractivity (Wildman–Crippen MR) is 107 cm³/mol. The first-order valence-electron chi connectivity index (χ1n) is 9.27. The van der Waals surface area contributed by atoms with Gasteiger partial charge in [-0.25, -0.2) is 22.0 Å². The molecule has 2 rings (SSSR count). The Balaban J connectivity index is 1.94. The lowest BCUT2D eigenvalue weighted by molar-refractivity contribution is 0.237. The van der Waals surface area contributed by atoms with E-state index in [1.807, 2.05) is 0 Å². The fourth-order valence-corrected chi connectivity index (χ4v) is 4.24. The van der Waals surface area contributed by atoms with Gasteiger partial charge in [0.2, 0.25) is 10.0 Å². The molecule has 2 N–H and O–H groups in total. The van der Waals surface area contributed by atoms with Gasteiger partial charge < -0.3 is 10.6 Å². The Labute approximate surface area is 170 Å². The average molecular weight is 426 g/mol. The zero-order chi connectivity index (χ0) is 21.6. The summed E-state index contributed by atoms with van der Waals surface area (Å²) in [5, 5.41) is 5.29. The van der Waals surface area contributed by atoms with Gasteiger partial charge in [-0.2, -0.15) is 4.31 Å². The maximum absolute atomic E-state index is 13.3. The molecule has 2 aromatic carbocycles. The van der Waals surface area contributed by atoms with Gasteiger partial charge in [0.1, 0.15) is 0 Å². The molecule has 0 radical (unpaired) electrons. The van der Waals surface area contributed by atoms with Crippen LogP contribution in [0.2, 0.25) is 0 Å². The standard InChI is InChI=1S/C20H25F2N3O3S/c1-4-25(5-2)29(27,28)17-9-6-15(7-10-17)13-23-20(26)24-14(3)16-8-11-18(21)19(22)12-16/h6-12,14H,4-5,13H2,1-3H3,(H2,23,24,26). The number of carbonyl (C=O) groups excluding carboxylic acids is 1. The number of nitrogens with one attached hydrogen (secondary N) is 2. The molecule has 1 atom stereocenters. The topological polar surface area (TPSA) is 78.5 Å². The highest BCUT2D eigenvalue weighted by molar-refractivity contribution is 7.89. The first-order valence-corrected chi connectivity index (χ1v) is 10.7.